The number of likely N-dealkylation sites (N-methyl/N-ethyl adjacent to an activating group) is 2. The van der Waals surface area contributed by atoms with Crippen LogP contribution in [0.1, 0.15) is 42.6 Å². The summed E-state index contributed by atoms with van der Waals surface area (Å²) >= 11 is 0. The monoisotopic (exact) mass is 493 g/mol. The Morgan fingerprint density at radius 3 is 2.47 bits per heavy atom. The van der Waals surface area contributed by atoms with Crippen molar-refractivity contribution in [2.45, 2.75) is 51.5 Å². The van der Waals surface area contributed by atoms with E-state index >= 15 is 0 Å². The Morgan fingerprint density at radius 2 is 1.81 bits per heavy atom. The quantitative estimate of drug-likeness (QED) is 0.692. The van der Waals surface area contributed by atoms with Crippen molar-refractivity contribution in [3.05, 3.63) is 59.7 Å². The Bertz CT molecular complexity index is 1070. The van der Waals surface area contributed by atoms with Crippen molar-refractivity contribution in [3.8, 4) is 11.1 Å². The van der Waals surface area contributed by atoms with Crippen LogP contribution in [0.5, 0.6) is 0 Å². The van der Waals surface area contributed by atoms with Gasteiger partial charge >= 0.3 is 0 Å². The fourth-order valence-corrected chi connectivity index (χ4v) is 5.39. The van der Waals surface area contributed by atoms with Crippen LogP contribution in [0.3, 0.4) is 0 Å². The number of carbonyl (C=O) groups is 2. The molecule has 0 bridgehead atoms. The molecule has 194 valence electrons. The number of hydrogen-bond donors (Lipinski definition) is 1. The van der Waals surface area contributed by atoms with Crippen molar-refractivity contribution in [3.63, 3.8) is 0 Å². The average molecular weight is 494 g/mol. The first kappa shape index (κ1) is 26.3. The lowest BCUT2D eigenvalue weighted by atomic mass is 9.94. The predicted octanol–water partition coefficient (Wildman–Crippen LogP) is 3.26. The van der Waals surface area contributed by atoms with Crippen molar-refractivity contribution >= 4 is 11.8 Å². The van der Waals surface area contributed by atoms with Crippen molar-refractivity contribution in [2.75, 3.05) is 40.3 Å². The van der Waals surface area contributed by atoms with Crippen LogP contribution in [0.4, 0.5) is 0 Å². The maximum absolute atomic E-state index is 13.9. The molecule has 36 heavy (non-hydrogen) atoms. The van der Waals surface area contributed by atoms with Gasteiger partial charge in [0.1, 0.15) is 0 Å². The van der Waals surface area contributed by atoms with Gasteiger partial charge in [-0.3, -0.25) is 14.5 Å². The topological polar surface area (TPSA) is 73.3 Å². The van der Waals surface area contributed by atoms with Crippen LogP contribution in [-0.2, 0) is 16.1 Å². The van der Waals surface area contributed by atoms with Gasteiger partial charge in [-0.15, -0.1) is 0 Å². The molecule has 2 aliphatic rings. The van der Waals surface area contributed by atoms with E-state index in [2.05, 4.69) is 11.8 Å². The Balaban J connectivity index is 1.68. The number of benzene rings is 2. The second-order valence-electron chi connectivity index (χ2n) is 10.4. The number of carbonyl (C=O) groups excluding carboxylic acids is 2. The molecule has 1 N–H and O–H groups in total. The van der Waals surface area contributed by atoms with Gasteiger partial charge < -0.3 is 19.6 Å². The summed E-state index contributed by atoms with van der Waals surface area (Å²) in [5, 5.41) is 9.99. The van der Waals surface area contributed by atoms with Gasteiger partial charge in [0, 0.05) is 31.6 Å². The normalized spacial score (nSPS) is 24.0. The molecule has 0 unspecified atom stereocenters. The van der Waals surface area contributed by atoms with Crippen molar-refractivity contribution < 1.29 is 19.4 Å². The molecule has 0 radical (unpaired) electrons. The molecule has 4 atom stereocenters. The second kappa shape index (κ2) is 11.5. The summed E-state index contributed by atoms with van der Waals surface area (Å²) in [7, 11) is 3.85. The van der Waals surface area contributed by atoms with Crippen LogP contribution >= 0.6 is 0 Å². The molecule has 0 spiro atoms. The third kappa shape index (κ3) is 5.48. The lowest BCUT2D eigenvalue weighted by Gasteiger charge is -2.35. The molecule has 4 rings (SSSR count). The molecule has 7 nitrogen and oxygen atoms in total. The number of aliphatic hydroxyl groups is 1. The largest absolute Gasteiger partial charge is 0.394 e. The van der Waals surface area contributed by atoms with Crippen LogP contribution in [0, 0.1) is 5.92 Å². The van der Waals surface area contributed by atoms with Gasteiger partial charge in [-0.25, -0.2) is 0 Å². The highest BCUT2D eigenvalue weighted by atomic mass is 16.5. The molecule has 2 aliphatic heterocycles. The minimum atomic E-state index is -0.351. The zero-order chi connectivity index (χ0) is 25.8. The molecular formula is C29H39N3O4. The highest BCUT2D eigenvalue weighted by Crippen LogP contribution is 2.31. The third-order valence-corrected chi connectivity index (χ3v) is 7.73. The van der Waals surface area contributed by atoms with E-state index in [1.807, 2.05) is 69.6 Å². The summed E-state index contributed by atoms with van der Waals surface area (Å²) in [6.45, 7) is 5.97. The van der Waals surface area contributed by atoms with Gasteiger partial charge in [-0.1, -0.05) is 49.4 Å². The van der Waals surface area contributed by atoms with E-state index in [1.54, 1.807) is 9.80 Å². The number of aliphatic hydroxyl groups excluding tert-OH is 1. The van der Waals surface area contributed by atoms with Gasteiger partial charge in [0.15, 0.2) is 0 Å². The fourth-order valence-electron chi connectivity index (χ4n) is 5.39. The maximum atomic E-state index is 13.9. The first-order chi connectivity index (χ1) is 17.3. The molecule has 7 heteroatoms. The minimum absolute atomic E-state index is 0.0584. The van der Waals surface area contributed by atoms with E-state index in [0.29, 0.717) is 25.3 Å². The lowest BCUT2D eigenvalue weighted by molar-refractivity contribution is -0.137. The summed E-state index contributed by atoms with van der Waals surface area (Å²) in [4.78, 5) is 32.8. The summed E-state index contributed by atoms with van der Waals surface area (Å²) in [6.07, 6.45) is 1.63. The molecule has 2 amide bonds. The summed E-state index contributed by atoms with van der Waals surface area (Å²) < 4.78 is 6.53. The number of likely N-dealkylation sites (tertiary alicyclic amines) is 1. The number of hydrogen-bond acceptors (Lipinski definition) is 5. The highest BCUT2D eigenvalue weighted by molar-refractivity contribution is 6.01. The number of amides is 2. The van der Waals surface area contributed by atoms with E-state index in [0.717, 1.165) is 36.1 Å². The summed E-state index contributed by atoms with van der Waals surface area (Å²) in [5.41, 5.74) is 3.44. The number of rotatable bonds is 5. The first-order valence-corrected chi connectivity index (χ1v) is 13.0. The number of ether oxygens (including phenoxy) is 1. The Kier molecular flexibility index (Phi) is 8.44. The smallest absolute Gasteiger partial charge is 0.254 e. The summed E-state index contributed by atoms with van der Waals surface area (Å²) in [5.74, 6) is -0.0482. The van der Waals surface area contributed by atoms with Gasteiger partial charge in [-0.05, 0) is 56.1 Å². The van der Waals surface area contributed by atoms with Crippen LogP contribution in [0.25, 0.3) is 11.1 Å². The first-order valence-electron chi connectivity index (χ1n) is 13.0. The van der Waals surface area contributed by atoms with Crippen LogP contribution in [0.2, 0.25) is 0 Å². The second-order valence-corrected chi connectivity index (χ2v) is 10.4. The molecule has 1 saturated heterocycles. The zero-order valence-corrected chi connectivity index (χ0v) is 21.9. The molecule has 0 saturated carbocycles. The SMILES string of the molecule is C[C@H]1CN([C@@H](C)CO)C(=O)c2ccccc2-c2ccccc2CO[C@@H]1CN(C)C(=O)[C@@H]1CCCN1C. The maximum Gasteiger partial charge on any atom is 0.254 e. The van der Waals surface area contributed by atoms with Crippen LogP contribution in [-0.4, -0.2) is 90.1 Å². The zero-order valence-electron chi connectivity index (χ0n) is 21.9. The van der Waals surface area contributed by atoms with E-state index in [-0.39, 0.29) is 42.5 Å². The molecule has 0 aromatic heterocycles. The van der Waals surface area contributed by atoms with E-state index in [4.69, 9.17) is 4.74 Å². The van der Waals surface area contributed by atoms with Crippen molar-refractivity contribution in [1.29, 1.82) is 0 Å². The molecular weight excluding hydrogens is 454 g/mol. The molecule has 2 heterocycles. The van der Waals surface area contributed by atoms with Crippen molar-refractivity contribution in [1.82, 2.24) is 14.7 Å². The van der Waals surface area contributed by atoms with Gasteiger partial charge in [0.05, 0.1) is 31.4 Å². The third-order valence-electron chi connectivity index (χ3n) is 7.73. The standard InChI is InChI=1S/C29H39N3O4/c1-20-16-32(21(2)18-33)28(34)25-13-8-7-12-24(25)23-11-6-5-10-22(23)19-36-27(20)17-31(4)29(35)26-14-9-15-30(26)3/h5-8,10-13,20-21,26-27,33H,9,14-19H2,1-4H3/t20-,21-,26-,27+/m0/s1. The fraction of sp³-hybridized carbons (Fsp3) is 0.517. The van der Waals surface area contributed by atoms with E-state index in [9.17, 15) is 14.7 Å². The Hall–Kier alpha value is -2.74. The Morgan fingerprint density at radius 1 is 1.14 bits per heavy atom. The summed E-state index contributed by atoms with van der Waals surface area (Å²) in [6, 6.07) is 15.2. The number of fused-ring (bicyclic) bond motifs is 3. The number of nitrogens with zero attached hydrogens (tertiary/aromatic N) is 3. The van der Waals surface area contributed by atoms with Crippen LogP contribution in [0.15, 0.2) is 48.5 Å². The van der Waals surface area contributed by atoms with Crippen molar-refractivity contribution in [2.24, 2.45) is 5.92 Å². The van der Waals surface area contributed by atoms with E-state index in [1.165, 1.54) is 0 Å². The van der Waals surface area contributed by atoms with E-state index < -0.39 is 0 Å². The molecule has 2 aromatic rings. The van der Waals surface area contributed by atoms with Crippen LogP contribution < -0.4 is 0 Å². The highest BCUT2D eigenvalue weighted by Gasteiger charge is 2.34. The molecule has 1 fully saturated rings. The van der Waals surface area contributed by atoms with Gasteiger partial charge in [0.2, 0.25) is 5.91 Å². The van der Waals surface area contributed by atoms with Gasteiger partial charge in [-0.2, -0.15) is 0 Å². The Labute approximate surface area is 214 Å². The molecule has 0 aliphatic carbocycles. The molecule has 2 aromatic carbocycles. The predicted molar refractivity (Wildman–Crippen MR) is 140 cm³/mol. The lowest BCUT2D eigenvalue weighted by Crippen LogP contribution is -2.49. The average Bonchev–Trinajstić information content (AvgIpc) is 3.33. The minimum Gasteiger partial charge on any atom is -0.394 e. The van der Waals surface area contributed by atoms with Gasteiger partial charge in [0.25, 0.3) is 5.91 Å².